The molecule has 14 heavy (non-hydrogen) atoms. The van der Waals surface area contributed by atoms with Gasteiger partial charge < -0.3 is 9.22 Å². The monoisotopic (exact) mass is 222 g/mol. The Morgan fingerprint density at radius 1 is 1.36 bits per heavy atom. The first-order chi connectivity index (χ1) is 6.20. The maximum absolute atomic E-state index is 10.7. The summed E-state index contributed by atoms with van der Waals surface area (Å²) in [6.45, 7) is 1.89. The normalized spacial score (nSPS) is 13.5. The van der Waals surface area contributed by atoms with Crippen LogP contribution in [0.3, 0.4) is 0 Å². The van der Waals surface area contributed by atoms with Crippen molar-refractivity contribution in [1.82, 2.24) is 0 Å². The van der Waals surface area contributed by atoms with Crippen LogP contribution in [0.4, 0.5) is 0 Å². The van der Waals surface area contributed by atoms with Gasteiger partial charge in [0.25, 0.3) is 0 Å². The molecule has 0 heterocycles. The first-order valence-corrected chi connectivity index (χ1v) is 4.74. The number of quaternary nitrogens is 1. The van der Waals surface area contributed by atoms with Crippen molar-refractivity contribution in [3.8, 4) is 0 Å². The molecular weight excluding hydrogens is 206 g/mol. The van der Waals surface area contributed by atoms with Gasteiger partial charge in [-0.1, -0.05) is 0 Å². The fourth-order valence-electron chi connectivity index (χ4n) is 1.17. The molecule has 0 radical (unpaired) electrons. The van der Waals surface area contributed by atoms with E-state index in [2.05, 4.69) is 0 Å². The lowest BCUT2D eigenvalue weighted by molar-refractivity contribution is -0.873. The van der Waals surface area contributed by atoms with Crippen LogP contribution in [-0.2, 0) is 14.3 Å². The molecule has 1 unspecified atom stereocenters. The fourth-order valence-corrected chi connectivity index (χ4v) is 1.34. The number of carbonyl (C=O) groups excluding carboxylic acids is 2. The molecule has 1 atom stereocenters. The third-order valence-corrected chi connectivity index (χ3v) is 1.63. The van der Waals surface area contributed by atoms with Crippen molar-refractivity contribution in [3.63, 3.8) is 0 Å². The standard InChI is InChI=1S/C9H17ClNO3/c1-7(12)14-8(5-9(10)13)6-11(2,3)4/h8H,5-6H2,1-4H3/q+1. The van der Waals surface area contributed by atoms with Gasteiger partial charge in [0.2, 0.25) is 5.24 Å². The quantitative estimate of drug-likeness (QED) is 0.392. The summed E-state index contributed by atoms with van der Waals surface area (Å²) in [6.07, 6.45) is -0.367. The summed E-state index contributed by atoms with van der Waals surface area (Å²) >= 11 is 5.25. The van der Waals surface area contributed by atoms with E-state index in [0.717, 1.165) is 0 Å². The predicted molar refractivity (Wildman–Crippen MR) is 53.9 cm³/mol. The summed E-state index contributed by atoms with van der Waals surface area (Å²) in [5.41, 5.74) is 0. The Morgan fingerprint density at radius 2 is 1.86 bits per heavy atom. The number of likely N-dealkylation sites (N-methyl/N-ethyl adjacent to an activating group) is 1. The van der Waals surface area contributed by atoms with E-state index >= 15 is 0 Å². The molecule has 0 saturated carbocycles. The Hall–Kier alpha value is -0.610. The van der Waals surface area contributed by atoms with Gasteiger partial charge >= 0.3 is 5.97 Å². The molecule has 0 spiro atoms. The average molecular weight is 223 g/mol. The Bertz CT molecular complexity index is 207. The van der Waals surface area contributed by atoms with Crippen LogP contribution in [0.1, 0.15) is 13.3 Å². The molecule has 5 heteroatoms. The van der Waals surface area contributed by atoms with Crippen molar-refractivity contribution in [2.24, 2.45) is 0 Å². The van der Waals surface area contributed by atoms with Gasteiger partial charge in [0.05, 0.1) is 27.6 Å². The molecule has 0 amide bonds. The first kappa shape index (κ1) is 13.4. The zero-order valence-corrected chi connectivity index (χ0v) is 9.80. The van der Waals surface area contributed by atoms with Crippen molar-refractivity contribution in [3.05, 3.63) is 0 Å². The van der Waals surface area contributed by atoms with Crippen molar-refractivity contribution in [1.29, 1.82) is 0 Å². The van der Waals surface area contributed by atoms with E-state index in [4.69, 9.17) is 16.3 Å². The van der Waals surface area contributed by atoms with Crippen LogP contribution < -0.4 is 0 Å². The van der Waals surface area contributed by atoms with Crippen LogP contribution in [0, 0.1) is 0 Å². The molecule has 82 valence electrons. The van der Waals surface area contributed by atoms with Crippen LogP contribution in [0.2, 0.25) is 0 Å². The summed E-state index contributed by atoms with van der Waals surface area (Å²) in [6, 6.07) is 0. The molecule has 0 aromatic heterocycles. The lowest BCUT2D eigenvalue weighted by atomic mass is 10.2. The van der Waals surface area contributed by atoms with Crippen LogP contribution in [0.5, 0.6) is 0 Å². The van der Waals surface area contributed by atoms with Gasteiger partial charge in [-0.3, -0.25) is 9.59 Å². The van der Waals surface area contributed by atoms with E-state index in [1.807, 2.05) is 21.1 Å². The third-order valence-electron chi connectivity index (χ3n) is 1.47. The second-order valence-electron chi connectivity index (χ2n) is 4.26. The highest BCUT2D eigenvalue weighted by atomic mass is 35.5. The smallest absolute Gasteiger partial charge is 0.303 e. The van der Waals surface area contributed by atoms with Crippen molar-refractivity contribution >= 4 is 22.8 Å². The molecule has 0 N–H and O–H groups in total. The van der Waals surface area contributed by atoms with Crippen LogP contribution in [0.25, 0.3) is 0 Å². The van der Waals surface area contributed by atoms with Gasteiger partial charge in [-0.25, -0.2) is 0 Å². The second-order valence-corrected chi connectivity index (χ2v) is 4.69. The molecule has 0 rings (SSSR count). The Balaban J connectivity index is 4.24. The molecular formula is C9H17ClNO3+. The van der Waals surface area contributed by atoms with Crippen LogP contribution in [0.15, 0.2) is 0 Å². The molecule has 0 aliphatic rings. The van der Waals surface area contributed by atoms with E-state index in [9.17, 15) is 9.59 Å². The molecule has 0 saturated heterocycles. The van der Waals surface area contributed by atoms with E-state index in [1.54, 1.807) is 0 Å². The molecule has 0 bridgehead atoms. The summed E-state index contributed by atoms with van der Waals surface area (Å²) in [5.74, 6) is -0.388. The number of hydrogen-bond acceptors (Lipinski definition) is 3. The van der Waals surface area contributed by atoms with E-state index in [1.165, 1.54) is 6.92 Å². The van der Waals surface area contributed by atoms with E-state index < -0.39 is 11.3 Å². The summed E-state index contributed by atoms with van der Waals surface area (Å²) in [7, 11) is 5.86. The van der Waals surface area contributed by atoms with Crippen molar-refractivity contribution < 1.29 is 18.8 Å². The lowest BCUT2D eigenvalue weighted by Gasteiger charge is -2.28. The molecule has 0 fully saturated rings. The number of rotatable bonds is 5. The van der Waals surface area contributed by atoms with Crippen molar-refractivity contribution in [2.45, 2.75) is 19.4 Å². The number of ether oxygens (including phenoxy) is 1. The first-order valence-electron chi connectivity index (χ1n) is 4.36. The lowest BCUT2D eigenvalue weighted by Crippen LogP contribution is -2.43. The zero-order chi connectivity index (χ0) is 11.4. The van der Waals surface area contributed by atoms with Gasteiger partial charge in [-0.15, -0.1) is 0 Å². The average Bonchev–Trinajstić information content (AvgIpc) is 1.77. The Kier molecular flexibility index (Phi) is 5.08. The molecule has 4 nitrogen and oxygen atoms in total. The third kappa shape index (κ3) is 8.01. The number of carbonyl (C=O) groups is 2. The van der Waals surface area contributed by atoms with Gasteiger partial charge in [0.1, 0.15) is 6.54 Å². The Labute approximate surface area is 89.4 Å². The molecule has 0 aliphatic carbocycles. The number of hydrogen-bond donors (Lipinski definition) is 0. The van der Waals surface area contributed by atoms with Crippen LogP contribution >= 0.6 is 11.6 Å². The summed E-state index contributed by atoms with van der Waals surface area (Å²) < 4.78 is 5.59. The van der Waals surface area contributed by atoms with Crippen LogP contribution in [-0.4, -0.2) is 49.5 Å². The summed E-state index contributed by atoms with van der Waals surface area (Å²) in [5, 5.41) is -0.482. The maximum Gasteiger partial charge on any atom is 0.303 e. The minimum atomic E-state index is -0.482. The SMILES string of the molecule is CC(=O)OC(CC(=O)Cl)C[N+](C)(C)C. The number of nitrogens with zero attached hydrogens (tertiary/aromatic N) is 1. The maximum atomic E-state index is 10.7. The van der Waals surface area contributed by atoms with Gasteiger partial charge in [-0.05, 0) is 11.6 Å². The largest absolute Gasteiger partial charge is 0.456 e. The second kappa shape index (κ2) is 5.32. The highest BCUT2D eigenvalue weighted by Crippen LogP contribution is 2.07. The van der Waals surface area contributed by atoms with E-state index in [0.29, 0.717) is 11.0 Å². The topological polar surface area (TPSA) is 43.4 Å². The zero-order valence-electron chi connectivity index (χ0n) is 9.04. The number of halogens is 1. The summed E-state index contributed by atoms with van der Waals surface area (Å²) in [4.78, 5) is 21.4. The molecule has 0 aliphatic heterocycles. The minimum Gasteiger partial charge on any atom is -0.456 e. The minimum absolute atomic E-state index is 0.0661. The Morgan fingerprint density at radius 3 is 2.14 bits per heavy atom. The van der Waals surface area contributed by atoms with Gasteiger partial charge in [0, 0.05) is 6.92 Å². The van der Waals surface area contributed by atoms with Gasteiger partial charge in [0.15, 0.2) is 6.10 Å². The molecule has 0 aromatic carbocycles. The molecule has 0 aromatic rings. The number of esters is 1. The van der Waals surface area contributed by atoms with Crippen molar-refractivity contribution in [2.75, 3.05) is 27.7 Å². The highest BCUT2D eigenvalue weighted by Gasteiger charge is 2.22. The fraction of sp³-hybridized carbons (Fsp3) is 0.778. The predicted octanol–water partition coefficient (Wildman–Crippen LogP) is 0.780. The van der Waals surface area contributed by atoms with Gasteiger partial charge in [-0.2, -0.15) is 0 Å². The highest BCUT2D eigenvalue weighted by molar-refractivity contribution is 6.63. The van der Waals surface area contributed by atoms with E-state index in [-0.39, 0.29) is 12.4 Å².